The number of nitro benzene ring substituents is 1. The number of primary amides is 1. The van der Waals surface area contributed by atoms with Crippen molar-refractivity contribution in [2.24, 2.45) is 18.7 Å². The van der Waals surface area contributed by atoms with Crippen LogP contribution in [-0.2, 0) is 11.8 Å². The third kappa shape index (κ3) is 5.03. The van der Waals surface area contributed by atoms with E-state index in [1.807, 2.05) is 13.8 Å². The smallest absolute Gasteiger partial charge is 0.270 e. The highest BCUT2D eigenvalue weighted by atomic mass is 32.2. The molecule has 0 aliphatic heterocycles. The second-order valence-electron chi connectivity index (χ2n) is 6.16. The van der Waals surface area contributed by atoms with Crippen LogP contribution in [0.1, 0.15) is 36.1 Å². The highest BCUT2D eigenvalue weighted by molar-refractivity contribution is 7.99. The largest absolute Gasteiger partial charge is 0.369 e. The zero-order chi connectivity index (χ0) is 20.1. The summed E-state index contributed by atoms with van der Waals surface area (Å²) in [5.41, 5.74) is 5.17. The molecule has 144 valence electrons. The van der Waals surface area contributed by atoms with Gasteiger partial charge in [0, 0.05) is 24.7 Å². The zero-order valence-corrected chi connectivity index (χ0v) is 15.9. The number of aromatic nitrogens is 3. The molecule has 2 rings (SSSR count). The molecular weight excluding hydrogens is 372 g/mol. The van der Waals surface area contributed by atoms with Gasteiger partial charge in [-0.05, 0) is 12.0 Å². The number of hydrogen-bond acceptors (Lipinski definition) is 7. The van der Waals surface area contributed by atoms with Crippen LogP contribution in [0.25, 0.3) is 0 Å². The lowest BCUT2D eigenvalue weighted by atomic mass is 10.0. The molecule has 0 aliphatic rings. The van der Waals surface area contributed by atoms with Crippen LogP contribution in [0, 0.1) is 16.0 Å². The van der Waals surface area contributed by atoms with Gasteiger partial charge in [-0.1, -0.05) is 31.7 Å². The molecule has 2 aromatic rings. The summed E-state index contributed by atoms with van der Waals surface area (Å²) in [5.74, 6) is -0.366. The molecule has 2 amide bonds. The molecule has 1 aromatic carbocycles. The molecule has 0 saturated carbocycles. The molecule has 1 heterocycles. The van der Waals surface area contributed by atoms with Gasteiger partial charge >= 0.3 is 0 Å². The number of carbonyl (C=O) groups is 2. The van der Waals surface area contributed by atoms with Crippen molar-refractivity contribution in [3.63, 3.8) is 0 Å². The molecule has 0 aliphatic carbocycles. The number of rotatable bonds is 8. The standard InChI is InChI=1S/C16H20N6O4S/c1-9(2)13(14-19-20-16(21(14)3)27-8-12(17)23)18-15(24)10-5-4-6-11(7-10)22(25)26/h4-7,9,13H,8H2,1-3H3,(H2,17,23)(H,18,24)/t13-/m0/s1. The summed E-state index contributed by atoms with van der Waals surface area (Å²) < 4.78 is 1.69. The van der Waals surface area contributed by atoms with E-state index in [1.165, 1.54) is 24.3 Å². The van der Waals surface area contributed by atoms with Crippen molar-refractivity contribution in [3.05, 3.63) is 45.8 Å². The number of thioether (sulfide) groups is 1. The minimum absolute atomic E-state index is 0.0236. The average molecular weight is 392 g/mol. The Morgan fingerprint density at radius 1 is 1.37 bits per heavy atom. The van der Waals surface area contributed by atoms with Crippen molar-refractivity contribution in [2.75, 3.05) is 5.75 Å². The predicted molar refractivity (Wildman–Crippen MR) is 99.1 cm³/mol. The van der Waals surface area contributed by atoms with E-state index in [0.717, 1.165) is 11.8 Å². The van der Waals surface area contributed by atoms with Crippen molar-refractivity contribution in [1.82, 2.24) is 20.1 Å². The van der Waals surface area contributed by atoms with Gasteiger partial charge in [-0.25, -0.2) is 0 Å². The van der Waals surface area contributed by atoms with Gasteiger partial charge in [0.1, 0.15) is 0 Å². The van der Waals surface area contributed by atoms with Gasteiger partial charge in [0.25, 0.3) is 11.6 Å². The minimum Gasteiger partial charge on any atom is -0.369 e. The number of nitrogens with one attached hydrogen (secondary N) is 1. The maximum atomic E-state index is 12.6. The van der Waals surface area contributed by atoms with Gasteiger partial charge < -0.3 is 15.6 Å². The van der Waals surface area contributed by atoms with Crippen LogP contribution in [0.3, 0.4) is 0 Å². The first-order chi connectivity index (χ1) is 12.7. The molecule has 0 radical (unpaired) electrons. The Balaban J connectivity index is 2.23. The number of carbonyl (C=O) groups excluding carboxylic acids is 2. The quantitative estimate of drug-likeness (QED) is 0.392. The molecule has 11 heteroatoms. The second kappa shape index (κ2) is 8.62. The van der Waals surface area contributed by atoms with Crippen LogP contribution in [0.15, 0.2) is 29.4 Å². The van der Waals surface area contributed by atoms with Gasteiger partial charge in [-0.2, -0.15) is 0 Å². The highest BCUT2D eigenvalue weighted by Crippen LogP contribution is 2.24. The maximum Gasteiger partial charge on any atom is 0.270 e. The molecule has 0 bridgehead atoms. The Morgan fingerprint density at radius 2 is 2.07 bits per heavy atom. The Morgan fingerprint density at radius 3 is 2.67 bits per heavy atom. The van der Waals surface area contributed by atoms with E-state index >= 15 is 0 Å². The molecule has 0 fully saturated rings. The molecule has 1 atom stereocenters. The van der Waals surface area contributed by atoms with Crippen LogP contribution in [0.4, 0.5) is 5.69 Å². The van der Waals surface area contributed by atoms with Crippen LogP contribution in [0.5, 0.6) is 0 Å². The normalized spacial score (nSPS) is 12.0. The van der Waals surface area contributed by atoms with Crippen molar-refractivity contribution in [2.45, 2.75) is 25.0 Å². The number of hydrogen-bond donors (Lipinski definition) is 2. The fourth-order valence-corrected chi connectivity index (χ4v) is 3.03. The molecule has 3 N–H and O–H groups in total. The summed E-state index contributed by atoms with van der Waals surface area (Å²) in [7, 11) is 1.73. The lowest BCUT2D eigenvalue weighted by Crippen LogP contribution is -2.33. The molecule has 27 heavy (non-hydrogen) atoms. The van der Waals surface area contributed by atoms with E-state index in [9.17, 15) is 19.7 Å². The van der Waals surface area contributed by atoms with Crippen LogP contribution < -0.4 is 11.1 Å². The lowest BCUT2D eigenvalue weighted by molar-refractivity contribution is -0.384. The predicted octanol–water partition coefficient (Wildman–Crippen LogP) is 1.43. The maximum absolute atomic E-state index is 12.6. The summed E-state index contributed by atoms with van der Waals surface area (Å²) in [5, 5.41) is 22.4. The summed E-state index contributed by atoms with van der Waals surface area (Å²) in [6.45, 7) is 3.81. The van der Waals surface area contributed by atoms with E-state index in [2.05, 4.69) is 15.5 Å². The molecule has 1 aromatic heterocycles. The van der Waals surface area contributed by atoms with Gasteiger partial charge in [-0.15, -0.1) is 10.2 Å². The van der Waals surface area contributed by atoms with Crippen molar-refractivity contribution in [3.8, 4) is 0 Å². The Bertz CT molecular complexity index is 866. The SMILES string of the molecule is CC(C)[C@H](NC(=O)c1cccc([N+](=O)[O-])c1)c1nnc(SCC(N)=O)n1C. The van der Waals surface area contributed by atoms with E-state index in [-0.39, 0.29) is 22.9 Å². The fraction of sp³-hybridized carbons (Fsp3) is 0.375. The monoisotopic (exact) mass is 392 g/mol. The second-order valence-corrected chi connectivity index (χ2v) is 7.10. The van der Waals surface area contributed by atoms with Gasteiger partial charge in [0.2, 0.25) is 5.91 Å². The first-order valence-corrected chi connectivity index (χ1v) is 9.05. The number of nitrogens with zero attached hydrogens (tertiary/aromatic N) is 4. The summed E-state index contributed by atoms with van der Waals surface area (Å²) in [6.07, 6.45) is 0. The third-order valence-electron chi connectivity index (χ3n) is 3.76. The van der Waals surface area contributed by atoms with Crippen molar-refractivity contribution >= 4 is 29.3 Å². The van der Waals surface area contributed by atoms with E-state index in [1.54, 1.807) is 11.6 Å². The van der Waals surface area contributed by atoms with E-state index in [0.29, 0.717) is 11.0 Å². The average Bonchev–Trinajstić information content (AvgIpc) is 2.97. The number of nitrogens with two attached hydrogens (primary N) is 1. The lowest BCUT2D eigenvalue weighted by Gasteiger charge is -2.21. The minimum atomic E-state index is -0.554. The highest BCUT2D eigenvalue weighted by Gasteiger charge is 2.25. The first kappa shape index (κ1) is 20.4. The van der Waals surface area contributed by atoms with E-state index in [4.69, 9.17) is 5.73 Å². The molecule has 0 saturated heterocycles. The Kier molecular flexibility index (Phi) is 6.50. The van der Waals surface area contributed by atoms with Crippen LogP contribution in [0.2, 0.25) is 0 Å². The molecule has 0 unspecified atom stereocenters. The third-order valence-corrected chi connectivity index (χ3v) is 4.81. The first-order valence-electron chi connectivity index (χ1n) is 8.06. The Hall–Kier alpha value is -2.95. The van der Waals surface area contributed by atoms with Gasteiger partial charge in [0.15, 0.2) is 11.0 Å². The molecule has 10 nitrogen and oxygen atoms in total. The van der Waals surface area contributed by atoms with E-state index < -0.39 is 22.8 Å². The number of nitro groups is 1. The van der Waals surface area contributed by atoms with Gasteiger partial charge in [-0.3, -0.25) is 19.7 Å². The van der Waals surface area contributed by atoms with Crippen LogP contribution in [-0.4, -0.2) is 37.3 Å². The van der Waals surface area contributed by atoms with Crippen molar-refractivity contribution < 1.29 is 14.5 Å². The Labute approximate surface area is 159 Å². The number of amides is 2. The zero-order valence-electron chi connectivity index (χ0n) is 15.1. The number of benzene rings is 1. The summed E-state index contributed by atoms with van der Waals surface area (Å²) in [4.78, 5) is 33.9. The summed E-state index contributed by atoms with van der Waals surface area (Å²) >= 11 is 1.15. The fourth-order valence-electron chi connectivity index (χ4n) is 2.37. The van der Waals surface area contributed by atoms with Crippen molar-refractivity contribution in [1.29, 1.82) is 0 Å². The van der Waals surface area contributed by atoms with Gasteiger partial charge in [0.05, 0.1) is 16.7 Å². The molecule has 0 spiro atoms. The van der Waals surface area contributed by atoms with Crippen LogP contribution >= 0.6 is 11.8 Å². The topological polar surface area (TPSA) is 146 Å². The number of non-ortho nitro benzene ring substituents is 1. The molecular formula is C16H20N6O4S. The summed E-state index contributed by atoms with van der Waals surface area (Å²) in [6, 6.07) is 5.03.